The van der Waals surface area contributed by atoms with Crippen LogP contribution in [0.2, 0.25) is 10.0 Å². The van der Waals surface area contributed by atoms with E-state index in [4.69, 9.17) is 28.3 Å². The summed E-state index contributed by atoms with van der Waals surface area (Å²) in [6.07, 6.45) is 1.57. The number of halogens is 2. The van der Waals surface area contributed by atoms with Crippen molar-refractivity contribution in [2.24, 2.45) is 0 Å². The van der Waals surface area contributed by atoms with E-state index in [9.17, 15) is 9.59 Å². The van der Waals surface area contributed by atoms with Crippen LogP contribution in [0.25, 0.3) is 0 Å². The zero-order chi connectivity index (χ0) is 15.3. The van der Waals surface area contributed by atoms with E-state index in [2.05, 4.69) is 11.9 Å². The fourth-order valence-electron chi connectivity index (χ4n) is 1.57. The number of rotatable bonds is 5. The van der Waals surface area contributed by atoms with Crippen molar-refractivity contribution in [1.82, 2.24) is 4.90 Å². The largest absolute Gasteiger partial charge is 0.478 e. The van der Waals surface area contributed by atoms with Gasteiger partial charge in [0.15, 0.2) is 0 Å². The highest BCUT2D eigenvalue weighted by atomic mass is 35.5. The summed E-state index contributed by atoms with van der Waals surface area (Å²) in [5.41, 5.74) is -0.137. The molecule has 2 amide bonds. The second-order valence-electron chi connectivity index (χ2n) is 3.87. The number of nitrogens with zero attached hydrogens (tertiary/aromatic N) is 1. The molecule has 0 spiro atoms. The fraction of sp³-hybridized carbons (Fsp3) is 0.231. The van der Waals surface area contributed by atoms with Crippen LogP contribution in [0.15, 0.2) is 24.8 Å². The van der Waals surface area contributed by atoms with Gasteiger partial charge in [-0.25, -0.2) is 9.59 Å². The van der Waals surface area contributed by atoms with Crippen LogP contribution in [-0.4, -0.2) is 35.1 Å². The summed E-state index contributed by atoms with van der Waals surface area (Å²) in [4.78, 5) is 24.7. The second-order valence-corrected chi connectivity index (χ2v) is 4.72. The number of hydrogen-bond acceptors (Lipinski definition) is 2. The van der Waals surface area contributed by atoms with Crippen molar-refractivity contribution < 1.29 is 14.7 Å². The average Bonchev–Trinajstić information content (AvgIpc) is 2.38. The molecule has 0 heterocycles. The van der Waals surface area contributed by atoms with Gasteiger partial charge in [-0.05, 0) is 19.1 Å². The van der Waals surface area contributed by atoms with E-state index in [0.717, 1.165) is 0 Å². The average molecular weight is 317 g/mol. The Morgan fingerprint density at radius 1 is 1.45 bits per heavy atom. The molecule has 2 N–H and O–H groups in total. The summed E-state index contributed by atoms with van der Waals surface area (Å²) in [5, 5.41) is 11.9. The van der Waals surface area contributed by atoms with Crippen LogP contribution in [-0.2, 0) is 0 Å². The Balaban J connectivity index is 3.11. The lowest BCUT2D eigenvalue weighted by Gasteiger charge is -2.20. The molecule has 0 fully saturated rings. The highest BCUT2D eigenvalue weighted by Gasteiger charge is 2.19. The number of benzene rings is 1. The minimum absolute atomic E-state index is 0.0241. The number of carbonyl (C=O) groups excluding carboxylic acids is 1. The van der Waals surface area contributed by atoms with Crippen molar-refractivity contribution in [2.75, 3.05) is 18.4 Å². The molecule has 7 heteroatoms. The number of carboxylic acid groups (broad SMARTS) is 1. The molecule has 0 aliphatic rings. The lowest BCUT2D eigenvalue weighted by Crippen LogP contribution is -2.35. The molecule has 0 unspecified atom stereocenters. The molecule has 0 aliphatic heterocycles. The number of anilines is 1. The Labute approximate surface area is 126 Å². The van der Waals surface area contributed by atoms with Crippen LogP contribution in [0, 0.1) is 0 Å². The Kier molecular flexibility index (Phi) is 5.85. The lowest BCUT2D eigenvalue weighted by atomic mass is 10.2. The molecule has 0 saturated carbocycles. The third-order valence-electron chi connectivity index (χ3n) is 2.54. The van der Waals surface area contributed by atoms with Crippen LogP contribution in [0.1, 0.15) is 17.3 Å². The summed E-state index contributed by atoms with van der Waals surface area (Å²) < 4.78 is 0. The van der Waals surface area contributed by atoms with Crippen molar-refractivity contribution in [1.29, 1.82) is 0 Å². The number of nitrogens with one attached hydrogen (secondary N) is 1. The van der Waals surface area contributed by atoms with Crippen LogP contribution in [0.3, 0.4) is 0 Å². The van der Waals surface area contributed by atoms with Gasteiger partial charge in [0.25, 0.3) is 0 Å². The monoisotopic (exact) mass is 316 g/mol. The van der Waals surface area contributed by atoms with E-state index in [1.807, 2.05) is 0 Å². The number of hydrogen-bond donors (Lipinski definition) is 2. The molecule has 5 nitrogen and oxygen atoms in total. The number of aromatic carboxylic acids is 1. The maximum absolute atomic E-state index is 12.0. The number of likely N-dealkylation sites (N-methyl/N-ethyl adjacent to an activating group) is 1. The van der Waals surface area contributed by atoms with Crippen molar-refractivity contribution in [3.8, 4) is 0 Å². The van der Waals surface area contributed by atoms with Crippen LogP contribution < -0.4 is 5.32 Å². The van der Waals surface area contributed by atoms with E-state index >= 15 is 0 Å². The van der Waals surface area contributed by atoms with Crippen LogP contribution >= 0.6 is 23.2 Å². The van der Waals surface area contributed by atoms with Gasteiger partial charge in [0.05, 0.1) is 16.3 Å². The van der Waals surface area contributed by atoms with Gasteiger partial charge < -0.3 is 15.3 Å². The SMILES string of the molecule is C=CCN(CC)C(=O)Nc1c(Cl)cc(Cl)cc1C(=O)O. The zero-order valence-electron chi connectivity index (χ0n) is 10.8. The number of amides is 2. The van der Waals surface area contributed by atoms with Crippen molar-refractivity contribution in [2.45, 2.75) is 6.92 Å². The minimum atomic E-state index is -1.23. The first-order valence-electron chi connectivity index (χ1n) is 5.79. The molecule has 0 saturated heterocycles. The van der Waals surface area contributed by atoms with Gasteiger partial charge >= 0.3 is 12.0 Å². The van der Waals surface area contributed by atoms with Crippen molar-refractivity contribution >= 4 is 40.9 Å². The van der Waals surface area contributed by atoms with Crippen LogP contribution in [0.5, 0.6) is 0 Å². The van der Waals surface area contributed by atoms with E-state index in [1.54, 1.807) is 13.0 Å². The van der Waals surface area contributed by atoms with Gasteiger partial charge in [0, 0.05) is 18.1 Å². The van der Waals surface area contributed by atoms with E-state index < -0.39 is 12.0 Å². The molecule has 0 aliphatic carbocycles. The van der Waals surface area contributed by atoms with E-state index in [-0.39, 0.29) is 21.3 Å². The molecule has 0 atom stereocenters. The Bertz CT molecular complexity index is 547. The predicted octanol–water partition coefficient (Wildman–Crippen LogP) is 3.73. The number of carboxylic acids is 1. The molecule has 1 rings (SSSR count). The Hall–Kier alpha value is -1.72. The van der Waals surface area contributed by atoms with Crippen molar-refractivity contribution in [3.05, 3.63) is 40.4 Å². The maximum Gasteiger partial charge on any atom is 0.337 e. The highest BCUT2D eigenvalue weighted by Crippen LogP contribution is 2.30. The summed E-state index contributed by atoms with van der Waals surface area (Å²) in [5.74, 6) is -1.23. The predicted molar refractivity (Wildman–Crippen MR) is 79.9 cm³/mol. The van der Waals surface area contributed by atoms with Gasteiger partial charge in [-0.15, -0.1) is 6.58 Å². The normalized spacial score (nSPS) is 9.95. The molecule has 0 bridgehead atoms. The quantitative estimate of drug-likeness (QED) is 0.813. The molecule has 0 aromatic heterocycles. The first-order chi connectivity index (χ1) is 9.40. The Morgan fingerprint density at radius 2 is 2.10 bits per heavy atom. The summed E-state index contributed by atoms with van der Waals surface area (Å²) in [6.45, 7) is 6.14. The molecule has 1 aromatic carbocycles. The molecule has 0 radical (unpaired) electrons. The van der Waals surface area contributed by atoms with Gasteiger partial charge in [-0.2, -0.15) is 0 Å². The van der Waals surface area contributed by atoms with E-state index in [0.29, 0.717) is 13.1 Å². The van der Waals surface area contributed by atoms with Gasteiger partial charge in [-0.3, -0.25) is 0 Å². The van der Waals surface area contributed by atoms with Gasteiger partial charge in [0.2, 0.25) is 0 Å². The maximum atomic E-state index is 12.0. The highest BCUT2D eigenvalue weighted by molar-refractivity contribution is 6.37. The lowest BCUT2D eigenvalue weighted by molar-refractivity contribution is 0.0698. The van der Waals surface area contributed by atoms with Gasteiger partial charge in [-0.1, -0.05) is 29.3 Å². The second kappa shape index (κ2) is 7.17. The first kappa shape index (κ1) is 16.3. The summed E-state index contributed by atoms with van der Waals surface area (Å²) in [6, 6.07) is 2.14. The van der Waals surface area contributed by atoms with Gasteiger partial charge in [0.1, 0.15) is 0 Å². The first-order valence-corrected chi connectivity index (χ1v) is 6.55. The number of urea groups is 1. The van der Waals surface area contributed by atoms with Crippen LogP contribution in [0.4, 0.5) is 10.5 Å². The summed E-state index contributed by atoms with van der Waals surface area (Å²) in [7, 11) is 0. The Morgan fingerprint density at radius 3 is 2.60 bits per heavy atom. The summed E-state index contributed by atoms with van der Waals surface area (Å²) >= 11 is 11.7. The fourth-order valence-corrected chi connectivity index (χ4v) is 2.11. The van der Waals surface area contributed by atoms with Crippen molar-refractivity contribution in [3.63, 3.8) is 0 Å². The zero-order valence-corrected chi connectivity index (χ0v) is 12.3. The molecular formula is C13H14Cl2N2O3. The molecule has 108 valence electrons. The smallest absolute Gasteiger partial charge is 0.337 e. The third-order valence-corrected chi connectivity index (χ3v) is 3.05. The standard InChI is InChI=1S/C13H14Cl2N2O3/c1-3-5-17(4-2)13(20)16-11-9(12(18)19)6-8(14)7-10(11)15/h3,6-7H,1,4-5H2,2H3,(H,16,20)(H,18,19). The minimum Gasteiger partial charge on any atom is -0.478 e. The molecular weight excluding hydrogens is 303 g/mol. The molecule has 1 aromatic rings. The van der Waals surface area contributed by atoms with E-state index in [1.165, 1.54) is 17.0 Å². The number of carbonyl (C=O) groups is 2. The third kappa shape index (κ3) is 3.88. The topological polar surface area (TPSA) is 69.6 Å². The molecule has 20 heavy (non-hydrogen) atoms.